The lowest BCUT2D eigenvalue weighted by Gasteiger charge is -2.29. The van der Waals surface area contributed by atoms with Gasteiger partial charge in [-0.2, -0.15) is 11.8 Å². The molecule has 0 radical (unpaired) electrons. The zero-order valence-electron chi connectivity index (χ0n) is 11.2. The quantitative estimate of drug-likeness (QED) is 0.907. The van der Waals surface area contributed by atoms with Crippen molar-refractivity contribution < 1.29 is 9.84 Å². The first-order valence-electron chi connectivity index (χ1n) is 6.58. The van der Waals surface area contributed by atoms with Gasteiger partial charge in [-0.3, -0.25) is 0 Å². The Bertz CT molecular complexity index is 384. The van der Waals surface area contributed by atoms with E-state index in [2.05, 4.69) is 6.07 Å². The van der Waals surface area contributed by atoms with Gasteiger partial charge in [0, 0.05) is 16.7 Å². The average Bonchev–Trinajstić information content (AvgIpc) is 2.40. The fourth-order valence-electron chi connectivity index (χ4n) is 2.20. The second kappa shape index (κ2) is 5.98. The van der Waals surface area contributed by atoms with E-state index in [4.69, 9.17) is 4.74 Å². The fraction of sp³-hybridized carbons (Fsp3) is 0.600. The van der Waals surface area contributed by atoms with Crippen molar-refractivity contribution in [3.8, 4) is 5.75 Å². The summed E-state index contributed by atoms with van der Waals surface area (Å²) in [6.07, 6.45) is 2.70. The van der Waals surface area contributed by atoms with Gasteiger partial charge in [0.25, 0.3) is 0 Å². The van der Waals surface area contributed by atoms with E-state index in [1.807, 2.05) is 43.8 Å². The monoisotopic (exact) mass is 266 g/mol. The van der Waals surface area contributed by atoms with Gasteiger partial charge in [0.15, 0.2) is 0 Å². The van der Waals surface area contributed by atoms with Crippen LogP contribution in [0.5, 0.6) is 5.75 Å². The topological polar surface area (TPSA) is 29.5 Å². The van der Waals surface area contributed by atoms with Crippen LogP contribution in [0.1, 0.15) is 32.3 Å². The van der Waals surface area contributed by atoms with Gasteiger partial charge in [0.05, 0.1) is 6.61 Å². The maximum Gasteiger partial charge on any atom is 0.123 e. The van der Waals surface area contributed by atoms with Gasteiger partial charge in [0.2, 0.25) is 0 Å². The van der Waals surface area contributed by atoms with E-state index in [-0.39, 0.29) is 12.0 Å². The van der Waals surface area contributed by atoms with E-state index in [1.54, 1.807) is 0 Å². The molecule has 1 unspecified atom stereocenters. The molecular formula is C15H22O2S. The molecule has 100 valence electrons. The summed E-state index contributed by atoms with van der Waals surface area (Å²) in [5.74, 6) is 3.27. The minimum Gasteiger partial charge on any atom is -0.489 e. The van der Waals surface area contributed by atoms with Gasteiger partial charge >= 0.3 is 0 Å². The Hall–Kier alpha value is -0.670. The summed E-state index contributed by atoms with van der Waals surface area (Å²) in [7, 11) is 0. The highest BCUT2D eigenvalue weighted by Gasteiger charge is 2.25. The second-order valence-electron chi connectivity index (χ2n) is 5.50. The van der Waals surface area contributed by atoms with Crippen LogP contribution >= 0.6 is 11.8 Å². The summed E-state index contributed by atoms with van der Waals surface area (Å²) in [5, 5.41) is 9.52. The van der Waals surface area contributed by atoms with Gasteiger partial charge in [-0.1, -0.05) is 32.0 Å². The number of thioether (sulfide) groups is 1. The number of ether oxygens (including phenoxy) is 1. The molecule has 18 heavy (non-hydrogen) atoms. The van der Waals surface area contributed by atoms with Crippen molar-refractivity contribution in [3.63, 3.8) is 0 Å². The van der Waals surface area contributed by atoms with Gasteiger partial charge < -0.3 is 9.84 Å². The van der Waals surface area contributed by atoms with Crippen LogP contribution in [0.2, 0.25) is 0 Å². The molecule has 0 aromatic heterocycles. The van der Waals surface area contributed by atoms with Crippen LogP contribution in [-0.4, -0.2) is 29.3 Å². The van der Waals surface area contributed by atoms with Crippen LogP contribution < -0.4 is 4.74 Å². The van der Waals surface area contributed by atoms with Gasteiger partial charge in [-0.15, -0.1) is 0 Å². The molecule has 0 amide bonds. The average molecular weight is 266 g/mol. The number of benzene rings is 1. The Balaban J connectivity index is 2.16. The van der Waals surface area contributed by atoms with Crippen molar-refractivity contribution >= 4 is 11.8 Å². The van der Waals surface area contributed by atoms with Crippen LogP contribution in [0.3, 0.4) is 0 Å². The number of aliphatic hydroxyl groups excluding tert-OH is 1. The number of para-hydroxylation sites is 1. The number of hydrogen-bond acceptors (Lipinski definition) is 3. The number of hydrogen-bond donors (Lipinski definition) is 1. The lowest BCUT2D eigenvalue weighted by Crippen LogP contribution is -2.27. The Morgan fingerprint density at radius 1 is 1.39 bits per heavy atom. The smallest absolute Gasteiger partial charge is 0.123 e. The molecule has 2 nitrogen and oxygen atoms in total. The molecule has 1 heterocycles. The molecule has 0 bridgehead atoms. The van der Waals surface area contributed by atoms with Gasteiger partial charge in [-0.25, -0.2) is 0 Å². The van der Waals surface area contributed by atoms with Crippen LogP contribution in [0.15, 0.2) is 24.3 Å². The molecule has 0 aliphatic carbocycles. The van der Waals surface area contributed by atoms with Crippen molar-refractivity contribution in [1.82, 2.24) is 0 Å². The zero-order chi connectivity index (χ0) is 13.0. The van der Waals surface area contributed by atoms with E-state index in [0.717, 1.165) is 23.5 Å². The molecule has 1 aliphatic rings. The molecule has 2 rings (SSSR count). The first-order valence-corrected chi connectivity index (χ1v) is 7.74. The first kappa shape index (κ1) is 13.8. The van der Waals surface area contributed by atoms with Crippen molar-refractivity contribution in [2.24, 2.45) is 0 Å². The molecule has 0 spiro atoms. The van der Waals surface area contributed by atoms with Crippen LogP contribution in [-0.2, 0) is 5.41 Å². The molecule has 1 N–H and O–H groups in total. The highest BCUT2D eigenvalue weighted by molar-refractivity contribution is 7.99. The molecule has 1 atom stereocenters. The standard InChI is InChI=1S/C15H22O2S/c1-15(2,11-16)13-7-3-4-8-14(13)17-12-6-5-9-18-10-12/h3-4,7-8,12,16H,5-6,9-11H2,1-2H3. The first-order chi connectivity index (χ1) is 8.63. The molecule has 1 aromatic carbocycles. The number of rotatable bonds is 4. The summed E-state index contributed by atoms with van der Waals surface area (Å²) in [6, 6.07) is 8.09. The van der Waals surface area contributed by atoms with E-state index in [0.29, 0.717) is 6.10 Å². The molecule has 1 aliphatic heterocycles. The van der Waals surface area contributed by atoms with E-state index < -0.39 is 0 Å². The van der Waals surface area contributed by atoms with Crippen LogP contribution in [0.4, 0.5) is 0 Å². The second-order valence-corrected chi connectivity index (χ2v) is 6.64. The molecule has 1 aromatic rings. The molecule has 1 saturated heterocycles. The normalized spacial score (nSPS) is 20.7. The zero-order valence-corrected chi connectivity index (χ0v) is 12.0. The Morgan fingerprint density at radius 3 is 2.83 bits per heavy atom. The van der Waals surface area contributed by atoms with E-state index >= 15 is 0 Å². The third kappa shape index (κ3) is 3.21. The predicted octanol–water partition coefficient (Wildman–Crippen LogP) is 3.23. The molecular weight excluding hydrogens is 244 g/mol. The van der Waals surface area contributed by atoms with E-state index in [1.165, 1.54) is 12.2 Å². The maximum absolute atomic E-state index is 9.52. The number of aliphatic hydroxyl groups is 1. The van der Waals surface area contributed by atoms with Crippen molar-refractivity contribution in [1.29, 1.82) is 0 Å². The minimum atomic E-state index is -0.252. The summed E-state index contributed by atoms with van der Waals surface area (Å²) in [5.41, 5.74) is 0.848. The molecule has 3 heteroatoms. The molecule has 0 saturated carbocycles. The van der Waals surface area contributed by atoms with Gasteiger partial charge in [-0.05, 0) is 24.7 Å². The lowest BCUT2D eigenvalue weighted by atomic mass is 9.85. The van der Waals surface area contributed by atoms with Crippen molar-refractivity contribution in [2.75, 3.05) is 18.1 Å². The Morgan fingerprint density at radius 2 is 2.17 bits per heavy atom. The van der Waals surface area contributed by atoms with Crippen LogP contribution in [0, 0.1) is 0 Å². The lowest BCUT2D eigenvalue weighted by molar-refractivity contribution is 0.189. The van der Waals surface area contributed by atoms with E-state index in [9.17, 15) is 5.11 Å². The highest BCUT2D eigenvalue weighted by atomic mass is 32.2. The largest absolute Gasteiger partial charge is 0.489 e. The Kier molecular flexibility index (Phi) is 4.57. The third-order valence-electron chi connectivity index (χ3n) is 3.42. The third-order valence-corrected chi connectivity index (χ3v) is 4.61. The predicted molar refractivity (Wildman–Crippen MR) is 77.5 cm³/mol. The van der Waals surface area contributed by atoms with Crippen LogP contribution in [0.25, 0.3) is 0 Å². The summed E-state index contributed by atoms with van der Waals surface area (Å²) in [6.45, 7) is 4.22. The van der Waals surface area contributed by atoms with Gasteiger partial charge in [0.1, 0.15) is 11.9 Å². The SMILES string of the molecule is CC(C)(CO)c1ccccc1OC1CCCSC1. The summed E-state index contributed by atoms with van der Waals surface area (Å²) in [4.78, 5) is 0. The van der Waals surface area contributed by atoms with Crippen molar-refractivity contribution in [3.05, 3.63) is 29.8 Å². The fourth-order valence-corrected chi connectivity index (χ4v) is 3.23. The highest BCUT2D eigenvalue weighted by Crippen LogP contribution is 2.33. The molecule has 1 fully saturated rings. The Labute approximate surface area is 114 Å². The minimum absolute atomic E-state index is 0.132. The maximum atomic E-state index is 9.52. The summed E-state index contributed by atoms with van der Waals surface area (Å²) >= 11 is 1.97. The summed E-state index contributed by atoms with van der Waals surface area (Å²) < 4.78 is 6.14. The van der Waals surface area contributed by atoms with Crippen molar-refractivity contribution in [2.45, 2.75) is 38.2 Å².